The number of hydrogen-bond acceptors (Lipinski definition) is 3. The third kappa shape index (κ3) is 3.59. The predicted octanol–water partition coefficient (Wildman–Crippen LogP) is 3.99. The molecule has 0 saturated carbocycles. The molecule has 2 aromatic heterocycles. The second-order valence-electron chi connectivity index (χ2n) is 5.37. The summed E-state index contributed by atoms with van der Waals surface area (Å²) in [6.07, 6.45) is 2.92. The van der Waals surface area contributed by atoms with E-state index in [0.29, 0.717) is 5.69 Å². The summed E-state index contributed by atoms with van der Waals surface area (Å²) in [6.45, 7) is 1.80. The molecule has 2 N–H and O–H groups in total. The first-order valence-electron chi connectivity index (χ1n) is 7.37. The average molecular weight is 358 g/mol. The normalized spacial score (nSPS) is 10.5. The number of carbonyl (C=O) groups excluding carboxylic acids is 2. The Bertz CT molecular complexity index is 948. The van der Waals surface area contributed by atoms with Crippen molar-refractivity contribution < 1.29 is 14.0 Å². The average Bonchev–Trinajstić information content (AvgIpc) is 3.04. The van der Waals surface area contributed by atoms with Crippen LogP contribution in [0.2, 0.25) is 5.02 Å². The van der Waals surface area contributed by atoms with Crippen LogP contribution in [0.15, 0.2) is 48.8 Å². The quantitative estimate of drug-likeness (QED) is 0.693. The topological polar surface area (TPSA) is 74.8 Å². The largest absolute Gasteiger partial charge is 0.356 e. The van der Waals surface area contributed by atoms with Gasteiger partial charge in [0.05, 0.1) is 10.6 Å². The molecule has 1 amide bonds. The molecule has 0 atom stereocenters. The Morgan fingerprint density at radius 1 is 1.24 bits per heavy atom. The van der Waals surface area contributed by atoms with Crippen LogP contribution in [0, 0.1) is 12.7 Å². The summed E-state index contributed by atoms with van der Waals surface area (Å²) in [5.41, 5.74) is 1.43. The maximum Gasteiger partial charge on any atom is 0.272 e. The van der Waals surface area contributed by atoms with Crippen molar-refractivity contribution in [3.8, 4) is 0 Å². The number of nitrogens with zero attached hydrogens (tertiary/aromatic N) is 1. The first-order valence-corrected chi connectivity index (χ1v) is 7.74. The molecule has 0 saturated heterocycles. The fourth-order valence-corrected chi connectivity index (χ4v) is 2.59. The number of halogens is 2. The number of pyridine rings is 1. The van der Waals surface area contributed by atoms with Gasteiger partial charge in [0, 0.05) is 29.3 Å². The lowest BCUT2D eigenvalue weighted by Gasteiger charge is -2.04. The number of rotatable bonds is 4. The highest BCUT2D eigenvalue weighted by atomic mass is 35.5. The van der Waals surface area contributed by atoms with Crippen LogP contribution in [0.3, 0.4) is 0 Å². The molecule has 7 heteroatoms. The van der Waals surface area contributed by atoms with Gasteiger partial charge in [0.25, 0.3) is 5.91 Å². The van der Waals surface area contributed by atoms with Crippen molar-refractivity contribution in [3.05, 3.63) is 82.1 Å². The summed E-state index contributed by atoms with van der Waals surface area (Å²) in [7, 11) is 0. The van der Waals surface area contributed by atoms with Crippen molar-refractivity contribution in [3.63, 3.8) is 0 Å². The van der Waals surface area contributed by atoms with E-state index in [9.17, 15) is 14.0 Å². The Morgan fingerprint density at radius 3 is 2.76 bits per heavy atom. The highest BCUT2D eigenvalue weighted by Crippen LogP contribution is 2.23. The van der Waals surface area contributed by atoms with Crippen LogP contribution >= 0.6 is 11.6 Å². The van der Waals surface area contributed by atoms with Crippen molar-refractivity contribution in [2.24, 2.45) is 0 Å². The van der Waals surface area contributed by atoms with Gasteiger partial charge < -0.3 is 10.3 Å². The minimum Gasteiger partial charge on any atom is -0.356 e. The number of amides is 1. The van der Waals surface area contributed by atoms with Crippen molar-refractivity contribution in [2.75, 3.05) is 5.32 Å². The molecular weight excluding hydrogens is 345 g/mol. The van der Waals surface area contributed by atoms with Gasteiger partial charge in [-0.25, -0.2) is 4.39 Å². The minimum absolute atomic E-state index is 0.0180. The molecule has 0 radical (unpaired) electrons. The fraction of sp³-hybridized carbons (Fsp3) is 0.0556. The van der Waals surface area contributed by atoms with Crippen LogP contribution in [-0.2, 0) is 0 Å². The summed E-state index contributed by atoms with van der Waals surface area (Å²) in [6, 6.07) is 8.73. The monoisotopic (exact) mass is 357 g/mol. The highest BCUT2D eigenvalue weighted by Gasteiger charge is 2.20. The standard InChI is InChI=1S/C18H13ClFN3O2/c1-10-7-12(5-6-21-10)23-18(25)15-8-11(9-22-15)17(24)16-13(19)3-2-4-14(16)20/h2-9,22H,1H3,(H,21,23,25). The molecule has 0 aliphatic rings. The summed E-state index contributed by atoms with van der Waals surface area (Å²) >= 11 is 5.91. The van der Waals surface area contributed by atoms with Crippen LogP contribution in [0.1, 0.15) is 32.1 Å². The second kappa shape index (κ2) is 6.86. The van der Waals surface area contributed by atoms with E-state index in [1.165, 1.54) is 24.4 Å². The van der Waals surface area contributed by atoms with E-state index in [0.717, 1.165) is 11.8 Å². The Hall–Kier alpha value is -2.99. The summed E-state index contributed by atoms with van der Waals surface area (Å²) in [4.78, 5) is 31.5. The summed E-state index contributed by atoms with van der Waals surface area (Å²) in [5, 5.41) is 2.71. The third-order valence-electron chi connectivity index (χ3n) is 3.53. The van der Waals surface area contributed by atoms with E-state index in [4.69, 9.17) is 11.6 Å². The van der Waals surface area contributed by atoms with Crippen LogP contribution in [0.4, 0.5) is 10.1 Å². The van der Waals surface area contributed by atoms with Gasteiger partial charge in [0.2, 0.25) is 0 Å². The Balaban J connectivity index is 1.82. The summed E-state index contributed by atoms with van der Waals surface area (Å²) < 4.78 is 13.9. The van der Waals surface area contributed by atoms with Gasteiger partial charge in [-0.1, -0.05) is 17.7 Å². The van der Waals surface area contributed by atoms with Crippen molar-refractivity contribution in [1.82, 2.24) is 9.97 Å². The van der Waals surface area contributed by atoms with Crippen LogP contribution < -0.4 is 5.32 Å². The fourth-order valence-electron chi connectivity index (χ4n) is 2.34. The third-order valence-corrected chi connectivity index (χ3v) is 3.85. The molecule has 3 rings (SSSR count). The molecule has 0 bridgehead atoms. The Kier molecular flexibility index (Phi) is 4.63. The number of nitrogens with one attached hydrogen (secondary N) is 2. The number of ketones is 1. The van der Waals surface area contributed by atoms with Gasteiger partial charge in [0.1, 0.15) is 11.5 Å². The highest BCUT2D eigenvalue weighted by molar-refractivity contribution is 6.35. The molecule has 3 aromatic rings. The molecule has 25 heavy (non-hydrogen) atoms. The summed E-state index contributed by atoms with van der Waals surface area (Å²) in [5.74, 6) is -1.74. The first kappa shape index (κ1) is 16.9. The number of H-pyrrole nitrogens is 1. The lowest BCUT2D eigenvalue weighted by atomic mass is 10.1. The SMILES string of the molecule is Cc1cc(NC(=O)c2cc(C(=O)c3c(F)cccc3Cl)c[nH]2)ccn1. The van der Waals surface area contributed by atoms with Crippen LogP contribution in [0.5, 0.6) is 0 Å². The number of aryl methyl sites for hydroxylation is 1. The van der Waals surface area contributed by atoms with Gasteiger partial charge in [-0.05, 0) is 37.3 Å². The smallest absolute Gasteiger partial charge is 0.272 e. The molecule has 0 fully saturated rings. The van der Waals surface area contributed by atoms with Gasteiger partial charge in [-0.3, -0.25) is 14.6 Å². The zero-order valence-corrected chi connectivity index (χ0v) is 13.9. The number of hydrogen-bond donors (Lipinski definition) is 2. The van der Waals surface area contributed by atoms with E-state index in [1.807, 2.05) is 0 Å². The number of carbonyl (C=O) groups is 2. The number of benzene rings is 1. The van der Waals surface area contributed by atoms with Crippen molar-refractivity contribution in [1.29, 1.82) is 0 Å². The molecule has 0 aliphatic heterocycles. The van der Waals surface area contributed by atoms with E-state index in [1.54, 1.807) is 25.3 Å². The number of aromatic nitrogens is 2. The molecule has 5 nitrogen and oxygen atoms in total. The Labute approximate surface area is 147 Å². The second-order valence-corrected chi connectivity index (χ2v) is 5.78. The van der Waals surface area contributed by atoms with E-state index in [-0.39, 0.29) is 21.8 Å². The molecule has 0 unspecified atom stereocenters. The van der Waals surface area contributed by atoms with E-state index < -0.39 is 17.5 Å². The predicted molar refractivity (Wildman–Crippen MR) is 92.6 cm³/mol. The lowest BCUT2D eigenvalue weighted by Crippen LogP contribution is -2.12. The molecule has 0 aliphatic carbocycles. The molecule has 0 spiro atoms. The van der Waals surface area contributed by atoms with Gasteiger partial charge in [0.15, 0.2) is 5.78 Å². The molecule has 126 valence electrons. The number of anilines is 1. The Morgan fingerprint density at radius 2 is 2.04 bits per heavy atom. The van der Waals surface area contributed by atoms with Gasteiger partial charge in [-0.15, -0.1) is 0 Å². The number of aromatic amines is 1. The maximum absolute atomic E-state index is 13.9. The maximum atomic E-state index is 13.9. The zero-order valence-electron chi connectivity index (χ0n) is 13.1. The lowest BCUT2D eigenvalue weighted by molar-refractivity contribution is 0.102. The van der Waals surface area contributed by atoms with Gasteiger partial charge >= 0.3 is 0 Å². The van der Waals surface area contributed by atoms with Crippen molar-refractivity contribution in [2.45, 2.75) is 6.92 Å². The minimum atomic E-state index is -0.711. The van der Waals surface area contributed by atoms with E-state index >= 15 is 0 Å². The molecular formula is C18H13ClFN3O2. The molecule has 1 aromatic carbocycles. The van der Waals surface area contributed by atoms with Gasteiger partial charge in [-0.2, -0.15) is 0 Å². The first-order chi connectivity index (χ1) is 12.0. The van der Waals surface area contributed by atoms with E-state index in [2.05, 4.69) is 15.3 Å². The molecule has 2 heterocycles. The van der Waals surface area contributed by atoms with Crippen LogP contribution in [0.25, 0.3) is 0 Å². The van der Waals surface area contributed by atoms with Crippen molar-refractivity contribution >= 4 is 29.0 Å². The van der Waals surface area contributed by atoms with Crippen LogP contribution in [-0.4, -0.2) is 21.7 Å². The zero-order chi connectivity index (χ0) is 18.0.